The lowest BCUT2D eigenvalue weighted by Gasteiger charge is -2.19. The topological polar surface area (TPSA) is 98.2 Å². The van der Waals surface area contributed by atoms with E-state index in [1.54, 1.807) is 0 Å². The van der Waals surface area contributed by atoms with E-state index in [-0.39, 0.29) is 0 Å². The second kappa shape index (κ2) is 6.25. The third-order valence-electron chi connectivity index (χ3n) is 3.79. The second-order valence-corrected chi connectivity index (χ2v) is 7.51. The minimum absolute atomic E-state index is 0.392. The SMILES string of the molecule is CCSc1cccc2c1CCc1c-2sc(NC(N)=O)c1C(N)=O. The van der Waals surface area contributed by atoms with Gasteiger partial charge in [-0.1, -0.05) is 19.1 Å². The third kappa shape index (κ3) is 2.82. The summed E-state index contributed by atoms with van der Waals surface area (Å²) in [6, 6.07) is 5.52. The number of hydrogen-bond donors (Lipinski definition) is 3. The van der Waals surface area contributed by atoms with E-state index >= 15 is 0 Å². The maximum absolute atomic E-state index is 11.9. The molecular weight excluding hydrogens is 330 g/mol. The molecule has 0 aliphatic heterocycles. The smallest absolute Gasteiger partial charge is 0.317 e. The number of thioether (sulfide) groups is 1. The average Bonchev–Trinajstić information content (AvgIpc) is 2.85. The van der Waals surface area contributed by atoms with Crippen LogP contribution >= 0.6 is 23.1 Å². The molecule has 0 fully saturated rings. The summed E-state index contributed by atoms with van der Waals surface area (Å²) in [6.45, 7) is 2.13. The number of fused-ring (bicyclic) bond motifs is 3. The summed E-state index contributed by atoms with van der Waals surface area (Å²) >= 11 is 3.18. The Balaban J connectivity index is 2.18. The predicted octanol–water partition coefficient (Wildman–Crippen LogP) is 3.22. The van der Waals surface area contributed by atoms with Gasteiger partial charge < -0.3 is 11.5 Å². The number of hydrogen-bond acceptors (Lipinski definition) is 4. The molecule has 0 bridgehead atoms. The van der Waals surface area contributed by atoms with E-state index in [1.165, 1.54) is 21.8 Å². The first-order valence-electron chi connectivity index (χ1n) is 7.29. The largest absolute Gasteiger partial charge is 0.365 e. The number of thiophene rings is 1. The van der Waals surface area contributed by atoms with Crippen LogP contribution in [0.2, 0.25) is 0 Å². The fourth-order valence-electron chi connectivity index (χ4n) is 2.96. The molecule has 1 aromatic heterocycles. The Bertz CT molecular complexity index is 799. The van der Waals surface area contributed by atoms with Crippen molar-refractivity contribution < 1.29 is 9.59 Å². The first kappa shape index (κ1) is 15.9. The van der Waals surface area contributed by atoms with Crippen molar-refractivity contribution in [2.75, 3.05) is 11.1 Å². The molecule has 1 aliphatic carbocycles. The van der Waals surface area contributed by atoms with Crippen LogP contribution < -0.4 is 16.8 Å². The molecule has 0 radical (unpaired) electrons. The van der Waals surface area contributed by atoms with Crippen LogP contribution in [0, 0.1) is 0 Å². The number of rotatable bonds is 4. The summed E-state index contributed by atoms with van der Waals surface area (Å²) < 4.78 is 0. The number of carbonyl (C=O) groups is 2. The van der Waals surface area contributed by atoms with Gasteiger partial charge in [-0.3, -0.25) is 10.1 Å². The Morgan fingerprint density at radius 2 is 2.00 bits per heavy atom. The highest BCUT2D eigenvalue weighted by Gasteiger charge is 2.28. The maximum atomic E-state index is 11.9. The number of anilines is 1. The van der Waals surface area contributed by atoms with E-state index in [0.29, 0.717) is 10.6 Å². The van der Waals surface area contributed by atoms with Crippen LogP contribution in [0.25, 0.3) is 10.4 Å². The number of nitrogens with one attached hydrogen (secondary N) is 1. The van der Waals surface area contributed by atoms with Crippen LogP contribution in [0.5, 0.6) is 0 Å². The number of amides is 3. The highest BCUT2D eigenvalue weighted by Crippen LogP contribution is 2.46. The summed E-state index contributed by atoms with van der Waals surface area (Å²) in [7, 11) is 0. The van der Waals surface area contributed by atoms with Gasteiger partial charge in [-0.15, -0.1) is 23.1 Å². The van der Waals surface area contributed by atoms with Crippen molar-refractivity contribution in [3.63, 3.8) is 0 Å². The summed E-state index contributed by atoms with van der Waals surface area (Å²) in [5, 5.41) is 2.97. The standard InChI is InChI=1S/C16H17N3O2S2/c1-2-22-11-5-3-4-9-8(11)6-7-10-12(14(17)20)15(19-16(18)21)23-13(9)10/h3-5H,2,6-7H2,1H3,(H2,17,20)(H3,18,19,21). The van der Waals surface area contributed by atoms with Crippen molar-refractivity contribution in [3.05, 3.63) is 34.9 Å². The minimum Gasteiger partial charge on any atom is -0.365 e. The lowest BCUT2D eigenvalue weighted by atomic mass is 9.89. The highest BCUT2D eigenvalue weighted by molar-refractivity contribution is 7.99. The van der Waals surface area contributed by atoms with Crippen molar-refractivity contribution in [1.29, 1.82) is 0 Å². The van der Waals surface area contributed by atoms with E-state index in [0.717, 1.165) is 34.6 Å². The van der Waals surface area contributed by atoms with Crippen LogP contribution in [0.1, 0.15) is 28.4 Å². The van der Waals surface area contributed by atoms with Crippen LogP contribution in [0.4, 0.5) is 9.80 Å². The lowest BCUT2D eigenvalue weighted by Crippen LogP contribution is -2.22. The number of benzene rings is 1. The van der Waals surface area contributed by atoms with Gasteiger partial charge in [0.25, 0.3) is 5.91 Å². The van der Waals surface area contributed by atoms with E-state index in [4.69, 9.17) is 11.5 Å². The van der Waals surface area contributed by atoms with Gasteiger partial charge in [-0.2, -0.15) is 0 Å². The van der Waals surface area contributed by atoms with Gasteiger partial charge in [0.15, 0.2) is 0 Å². The molecule has 1 heterocycles. The van der Waals surface area contributed by atoms with E-state index in [9.17, 15) is 9.59 Å². The third-order valence-corrected chi connectivity index (χ3v) is 5.96. The molecule has 5 nitrogen and oxygen atoms in total. The number of urea groups is 1. The van der Waals surface area contributed by atoms with Crippen molar-refractivity contribution >= 4 is 40.0 Å². The minimum atomic E-state index is -0.693. The molecule has 7 heteroatoms. The monoisotopic (exact) mass is 347 g/mol. The molecule has 0 saturated heterocycles. The maximum Gasteiger partial charge on any atom is 0.317 e. The van der Waals surface area contributed by atoms with Gasteiger partial charge in [-0.05, 0) is 41.4 Å². The zero-order valence-electron chi connectivity index (χ0n) is 12.6. The first-order chi connectivity index (χ1) is 11.0. The quantitative estimate of drug-likeness (QED) is 0.741. The molecule has 0 unspecified atom stereocenters. The Morgan fingerprint density at radius 1 is 1.26 bits per heavy atom. The molecule has 120 valence electrons. The molecule has 2 aromatic rings. The van der Waals surface area contributed by atoms with E-state index < -0.39 is 11.9 Å². The van der Waals surface area contributed by atoms with Gasteiger partial charge in [0, 0.05) is 9.77 Å². The van der Waals surface area contributed by atoms with Gasteiger partial charge >= 0.3 is 6.03 Å². The van der Waals surface area contributed by atoms with Crippen molar-refractivity contribution in [2.24, 2.45) is 11.5 Å². The zero-order chi connectivity index (χ0) is 16.6. The van der Waals surface area contributed by atoms with Gasteiger partial charge in [0.2, 0.25) is 0 Å². The predicted molar refractivity (Wildman–Crippen MR) is 95.3 cm³/mol. The Kier molecular flexibility index (Phi) is 4.32. The van der Waals surface area contributed by atoms with Crippen LogP contribution in [-0.4, -0.2) is 17.7 Å². The summed E-state index contributed by atoms with van der Waals surface area (Å²) in [5.74, 6) is 0.475. The zero-order valence-corrected chi connectivity index (χ0v) is 14.3. The Hall–Kier alpha value is -1.99. The summed E-state index contributed by atoms with van der Waals surface area (Å²) in [4.78, 5) is 25.3. The molecule has 3 amide bonds. The van der Waals surface area contributed by atoms with Gasteiger partial charge in [0.05, 0.1) is 5.56 Å². The second-order valence-electron chi connectivity index (χ2n) is 5.18. The number of primary amides is 2. The van der Waals surface area contributed by atoms with Crippen molar-refractivity contribution in [1.82, 2.24) is 0 Å². The molecular formula is C16H17N3O2S2. The van der Waals surface area contributed by atoms with Crippen LogP contribution in [0.15, 0.2) is 23.1 Å². The van der Waals surface area contributed by atoms with E-state index in [2.05, 4.69) is 24.4 Å². The van der Waals surface area contributed by atoms with Gasteiger partial charge in [0.1, 0.15) is 5.00 Å². The Morgan fingerprint density at radius 3 is 2.65 bits per heavy atom. The number of carbonyl (C=O) groups excluding carboxylic acids is 2. The molecule has 5 N–H and O–H groups in total. The Labute approximate surface area is 142 Å². The van der Waals surface area contributed by atoms with Crippen LogP contribution in [-0.2, 0) is 12.8 Å². The van der Waals surface area contributed by atoms with Crippen molar-refractivity contribution in [3.8, 4) is 10.4 Å². The first-order valence-corrected chi connectivity index (χ1v) is 9.10. The fraction of sp³-hybridized carbons (Fsp3) is 0.250. The molecule has 0 spiro atoms. The van der Waals surface area contributed by atoms with Crippen molar-refractivity contribution in [2.45, 2.75) is 24.7 Å². The molecule has 1 aromatic carbocycles. The normalized spacial score (nSPS) is 12.4. The molecule has 3 rings (SSSR count). The molecule has 0 atom stereocenters. The van der Waals surface area contributed by atoms with Gasteiger partial charge in [-0.25, -0.2) is 4.79 Å². The molecule has 1 aliphatic rings. The number of nitrogens with two attached hydrogens (primary N) is 2. The average molecular weight is 347 g/mol. The van der Waals surface area contributed by atoms with Crippen LogP contribution in [0.3, 0.4) is 0 Å². The van der Waals surface area contributed by atoms with E-state index in [1.807, 2.05) is 17.8 Å². The fourth-order valence-corrected chi connectivity index (χ4v) is 5.14. The summed E-state index contributed by atoms with van der Waals surface area (Å²) in [5.41, 5.74) is 14.5. The highest BCUT2D eigenvalue weighted by atomic mass is 32.2. The lowest BCUT2D eigenvalue weighted by molar-refractivity contribution is 0.100. The molecule has 23 heavy (non-hydrogen) atoms. The molecule has 0 saturated carbocycles. The summed E-state index contributed by atoms with van der Waals surface area (Å²) in [6.07, 6.45) is 1.59.